The van der Waals surface area contributed by atoms with Gasteiger partial charge in [-0.05, 0) is 18.9 Å². The zero-order chi connectivity index (χ0) is 10.7. The molecule has 1 aromatic heterocycles. The summed E-state index contributed by atoms with van der Waals surface area (Å²) in [6, 6.07) is 2.45. The summed E-state index contributed by atoms with van der Waals surface area (Å²) in [5, 5.41) is 0. The van der Waals surface area contributed by atoms with Gasteiger partial charge in [-0.15, -0.1) is 0 Å². The van der Waals surface area contributed by atoms with Gasteiger partial charge >= 0.3 is 0 Å². The van der Waals surface area contributed by atoms with Crippen molar-refractivity contribution in [2.75, 3.05) is 18.0 Å². The van der Waals surface area contributed by atoms with Gasteiger partial charge in [0.1, 0.15) is 11.6 Å². The molecule has 4 nitrogen and oxygen atoms in total. The molecule has 0 amide bonds. The minimum absolute atomic E-state index is 0.481. The first kappa shape index (κ1) is 10.4. The van der Waals surface area contributed by atoms with Crippen molar-refractivity contribution >= 4 is 5.82 Å². The summed E-state index contributed by atoms with van der Waals surface area (Å²) in [7, 11) is 0. The van der Waals surface area contributed by atoms with E-state index in [4.69, 9.17) is 5.73 Å². The van der Waals surface area contributed by atoms with Crippen molar-refractivity contribution in [3.05, 3.63) is 18.1 Å². The Morgan fingerprint density at radius 3 is 3.07 bits per heavy atom. The molecule has 2 rings (SSSR count). The van der Waals surface area contributed by atoms with E-state index in [0.717, 1.165) is 31.0 Å². The lowest BCUT2D eigenvalue weighted by molar-refractivity contribution is 0.451. The Morgan fingerprint density at radius 2 is 2.47 bits per heavy atom. The molecule has 0 bridgehead atoms. The number of aryl methyl sites for hydroxylation is 1. The summed E-state index contributed by atoms with van der Waals surface area (Å²) < 4.78 is 0. The number of aromatic nitrogens is 2. The maximum Gasteiger partial charge on any atom is 0.132 e. The quantitative estimate of drug-likeness (QED) is 0.797. The second-order valence-electron chi connectivity index (χ2n) is 3.95. The van der Waals surface area contributed by atoms with E-state index < -0.39 is 0 Å². The van der Waals surface area contributed by atoms with Crippen LogP contribution in [-0.4, -0.2) is 29.1 Å². The van der Waals surface area contributed by atoms with Crippen LogP contribution in [0, 0.1) is 0 Å². The van der Waals surface area contributed by atoms with Crippen molar-refractivity contribution in [1.82, 2.24) is 9.97 Å². The van der Waals surface area contributed by atoms with Gasteiger partial charge in [0, 0.05) is 31.7 Å². The molecule has 0 aliphatic carbocycles. The molecule has 1 aromatic rings. The maximum atomic E-state index is 5.67. The highest BCUT2D eigenvalue weighted by molar-refractivity contribution is 5.42. The van der Waals surface area contributed by atoms with Crippen LogP contribution in [-0.2, 0) is 6.42 Å². The first-order chi connectivity index (χ1) is 7.35. The van der Waals surface area contributed by atoms with Gasteiger partial charge in [0.05, 0.1) is 0 Å². The van der Waals surface area contributed by atoms with Crippen LogP contribution in [0.4, 0.5) is 5.82 Å². The van der Waals surface area contributed by atoms with Crippen molar-refractivity contribution in [2.45, 2.75) is 32.2 Å². The Kier molecular flexibility index (Phi) is 3.16. The van der Waals surface area contributed by atoms with Crippen molar-refractivity contribution in [3.63, 3.8) is 0 Å². The van der Waals surface area contributed by atoms with E-state index in [0.29, 0.717) is 12.6 Å². The van der Waals surface area contributed by atoms with Crippen LogP contribution in [0.1, 0.15) is 25.6 Å². The van der Waals surface area contributed by atoms with E-state index in [2.05, 4.69) is 21.8 Å². The molecule has 4 heteroatoms. The number of nitrogens with zero attached hydrogens (tertiary/aromatic N) is 3. The summed E-state index contributed by atoms with van der Waals surface area (Å²) >= 11 is 0. The smallest absolute Gasteiger partial charge is 0.132 e. The topological polar surface area (TPSA) is 55.0 Å². The van der Waals surface area contributed by atoms with Gasteiger partial charge in [-0.25, -0.2) is 9.97 Å². The Labute approximate surface area is 90.5 Å². The van der Waals surface area contributed by atoms with E-state index in [1.54, 1.807) is 0 Å². The standard InChI is InChI=1S/C11H18N4/c1-2-3-10-13-6-4-11(14-10)15-7-5-9(15)8-12/h4,6,9H,2-3,5,7-8,12H2,1H3. The lowest BCUT2D eigenvalue weighted by Crippen LogP contribution is -2.52. The van der Waals surface area contributed by atoms with Gasteiger partial charge in [0.2, 0.25) is 0 Å². The lowest BCUT2D eigenvalue weighted by atomic mass is 10.0. The van der Waals surface area contributed by atoms with Gasteiger partial charge in [0.25, 0.3) is 0 Å². The molecule has 0 spiro atoms. The fourth-order valence-electron chi connectivity index (χ4n) is 1.88. The molecule has 0 saturated carbocycles. The van der Waals surface area contributed by atoms with Gasteiger partial charge in [-0.2, -0.15) is 0 Å². The SMILES string of the molecule is CCCc1nccc(N2CCC2CN)n1. The number of hydrogen-bond donors (Lipinski definition) is 1. The minimum Gasteiger partial charge on any atom is -0.352 e. The second-order valence-corrected chi connectivity index (χ2v) is 3.95. The number of rotatable bonds is 4. The Morgan fingerprint density at radius 1 is 1.60 bits per heavy atom. The predicted octanol–water partition coefficient (Wildman–Crippen LogP) is 0.966. The molecule has 1 fully saturated rings. The molecular formula is C11H18N4. The normalized spacial score (nSPS) is 20.1. The fourth-order valence-corrected chi connectivity index (χ4v) is 1.88. The van der Waals surface area contributed by atoms with Gasteiger partial charge < -0.3 is 10.6 Å². The zero-order valence-electron chi connectivity index (χ0n) is 9.19. The lowest BCUT2D eigenvalue weighted by Gasteiger charge is -2.41. The molecule has 15 heavy (non-hydrogen) atoms. The highest BCUT2D eigenvalue weighted by atomic mass is 15.3. The van der Waals surface area contributed by atoms with E-state index in [1.165, 1.54) is 6.42 Å². The number of anilines is 1. The van der Waals surface area contributed by atoms with Crippen LogP contribution in [0.5, 0.6) is 0 Å². The maximum absolute atomic E-state index is 5.67. The van der Waals surface area contributed by atoms with Crippen LogP contribution in [0.15, 0.2) is 12.3 Å². The molecule has 2 N–H and O–H groups in total. The third kappa shape index (κ3) is 2.09. The molecule has 1 aliphatic rings. The molecule has 1 atom stereocenters. The van der Waals surface area contributed by atoms with Crippen LogP contribution < -0.4 is 10.6 Å². The summed E-state index contributed by atoms with van der Waals surface area (Å²) in [6.07, 6.45) is 5.07. The second kappa shape index (κ2) is 4.57. The highest BCUT2D eigenvalue weighted by Crippen LogP contribution is 2.23. The van der Waals surface area contributed by atoms with E-state index >= 15 is 0 Å². The van der Waals surface area contributed by atoms with Crippen molar-refractivity contribution < 1.29 is 0 Å². The van der Waals surface area contributed by atoms with Crippen molar-refractivity contribution in [2.24, 2.45) is 5.73 Å². The molecular weight excluding hydrogens is 188 g/mol. The molecule has 0 aromatic carbocycles. The minimum atomic E-state index is 0.481. The van der Waals surface area contributed by atoms with Gasteiger partial charge in [0.15, 0.2) is 0 Å². The molecule has 1 aliphatic heterocycles. The van der Waals surface area contributed by atoms with Crippen LogP contribution in [0.25, 0.3) is 0 Å². The van der Waals surface area contributed by atoms with E-state index in [1.807, 2.05) is 12.3 Å². The summed E-state index contributed by atoms with van der Waals surface area (Å²) in [4.78, 5) is 11.1. The molecule has 82 valence electrons. The first-order valence-electron chi connectivity index (χ1n) is 5.63. The zero-order valence-corrected chi connectivity index (χ0v) is 9.19. The number of hydrogen-bond acceptors (Lipinski definition) is 4. The van der Waals surface area contributed by atoms with E-state index in [9.17, 15) is 0 Å². The molecule has 1 unspecified atom stereocenters. The summed E-state index contributed by atoms with van der Waals surface area (Å²) in [5.41, 5.74) is 5.67. The Hall–Kier alpha value is -1.16. The molecule has 0 radical (unpaired) electrons. The highest BCUT2D eigenvalue weighted by Gasteiger charge is 2.27. The molecule has 2 heterocycles. The summed E-state index contributed by atoms with van der Waals surface area (Å²) in [5.74, 6) is 1.98. The van der Waals surface area contributed by atoms with Crippen LogP contribution in [0.2, 0.25) is 0 Å². The fraction of sp³-hybridized carbons (Fsp3) is 0.636. The van der Waals surface area contributed by atoms with E-state index in [-0.39, 0.29) is 0 Å². The average Bonchev–Trinajstić information content (AvgIpc) is 2.18. The third-order valence-corrected chi connectivity index (χ3v) is 2.87. The monoisotopic (exact) mass is 206 g/mol. The Bertz CT molecular complexity index is 324. The van der Waals surface area contributed by atoms with Crippen LogP contribution >= 0.6 is 0 Å². The summed E-state index contributed by atoms with van der Waals surface area (Å²) in [6.45, 7) is 3.93. The Balaban J connectivity index is 2.10. The third-order valence-electron chi connectivity index (χ3n) is 2.87. The number of nitrogens with two attached hydrogens (primary N) is 1. The van der Waals surface area contributed by atoms with Crippen molar-refractivity contribution in [3.8, 4) is 0 Å². The van der Waals surface area contributed by atoms with Crippen molar-refractivity contribution in [1.29, 1.82) is 0 Å². The molecule has 1 saturated heterocycles. The van der Waals surface area contributed by atoms with Gasteiger partial charge in [-0.3, -0.25) is 0 Å². The average molecular weight is 206 g/mol. The van der Waals surface area contributed by atoms with Gasteiger partial charge in [-0.1, -0.05) is 6.92 Å². The first-order valence-corrected chi connectivity index (χ1v) is 5.63. The largest absolute Gasteiger partial charge is 0.352 e. The van der Waals surface area contributed by atoms with Crippen LogP contribution in [0.3, 0.4) is 0 Å². The predicted molar refractivity (Wildman–Crippen MR) is 60.8 cm³/mol.